The van der Waals surface area contributed by atoms with Crippen molar-refractivity contribution in [2.24, 2.45) is 0 Å². The van der Waals surface area contributed by atoms with Crippen molar-refractivity contribution < 1.29 is 30.8 Å². The Kier molecular flexibility index (Phi) is 8.11. The van der Waals surface area contributed by atoms with Crippen molar-refractivity contribution in [3.63, 3.8) is 0 Å². The molecule has 0 atom stereocenters. The smallest absolute Gasteiger partial charge is 0.334 e. The van der Waals surface area contributed by atoms with Crippen molar-refractivity contribution in [2.75, 3.05) is 25.1 Å². The molecule has 1 aromatic rings. The lowest BCUT2D eigenvalue weighted by molar-refractivity contribution is 0.188. The number of hydrogen-bond donors (Lipinski definition) is 1. The van der Waals surface area contributed by atoms with Crippen LogP contribution in [-0.2, 0) is 8.85 Å². The lowest BCUT2D eigenvalue weighted by Crippen LogP contribution is -2.38. The van der Waals surface area contributed by atoms with E-state index in [0.29, 0.717) is 32.1 Å². The van der Waals surface area contributed by atoms with Gasteiger partial charge in [0.25, 0.3) is 0 Å². The number of halogens is 5. The van der Waals surface area contributed by atoms with Gasteiger partial charge in [0, 0.05) is 19.8 Å². The summed E-state index contributed by atoms with van der Waals surface area (Å²) in [6, 6.07) is 0.674. The second-order valence-electron chi connectivity index (χ2n) is 5.33. The maximum atomic E-state index is 13.5. The standard InChI is InChI=1S/C15H22F5NO2Si/c1-4-22-24(3,23-5-2)9-7-6-8-21-15-13(19)11(17)10(16)12(18)14(15)20/h21H,4-9H2,1-3H3. The summed E-state index contributed by atoms with van der Waals surface area (Å²) in [4.78, 5) is 0. The monoisotopic (exact) mass is 371 g/mol. The Bertz CT molecular complexity index is 524. The van der Waals surface area contributed by atoms with Crippen LogP contribution in [-0.4, -0.2) is 28.3 Å². The first-order chi connectivity index (χ1) is 11.3. The van der Waals surface area contributed by atoms with Crippen LogP contribution in [0.3, 0.4) is 0 Å². The number of rotatable bonds is 10. The maximum Gasteiger partial charge on any atom is 0.334 e. The van der Waals surface area contributed by atoms with Gasteiger partial charge >= 0.3 is 8.56 Å². The lowest BCUT2D eigenvalue weighted by Gasteiger charge is -2.25. The molecule has 0 aliphatic rings. The van der Waals surface area contributed by atoms with Crippen LogP contribution in [0.4, 0.5) is 27.6 Å². The van der Waals surface area contributed by atoms with Crippen LogP contribution in [0, 0.1) is 29.1 Å². The predicted octanol–water partition coefficient (Wildman–Crippen LogP) is 4.72. The summed E-state index contributed by atoms with van der Waals surface area (Å²) < 4.78 is 77.4. The molecule has 0 fully saturated rings. The predicted molar refractivity (Wildman–Crippen MR) is 83.6 cm³/mol. The molecule has 0 aliphatic carbocycles. The molecule has 0 amide bonds. The zero-order valence-corrected chi connectivity index (χ0v) is 14.9. The number of anilines is 1. The Morgan fingerprint density at radius 3 is 1.71 bits per heavy atom. The van der Waals surface area contributed by atoms with Crippen molar-refractivity contribution in [1.82, 2.24) is 0 Å². The fourth-order valence-corrected chi connectivity index (χ4v) is 4.83. The first kappa shape index (κ1) is 20.9. The Hall–Kier alpha value is -1.19. The van der Waals surface area contributed by atoms with E-state index in [1.807, 2.05) is 20.4 Å². The van der Waals surface area contributed by atoms with Crippen LogP contribution in [0.15, 0.2) is 0 Å². The Morgan fingerprint density at radius 1 is 0.792 bits per heavy atom. The molecule has 138 valence electrons. The normalized spacial score (nSPS) is 11.8. The van der Waals surface area contributed by atoms with E-state index in [0.717, 1.165) is 0 Å². The van der Waals surface area contributed by atoms with Gasteiger partial charge in [0.2, 0.25) is 5.82 Å². The van der Waals surface area contributed by atoms with Gasteiger partial charge in [-0.2, -0.15) is 0 Å². The van der Waals surface area contributed by atoms with Gasteiger partial charge in [0.15, 0.2) is 23.3 Å². The van der Waals surface area contributed by atoms with Crippen LogP contribution < -0.4 is 5.32 Å². The zero-order valence-electron chi connectivity index (χ0n) is 13.9. The SMILES string of the molecule is CCO[Si](C)(CCCCNc1c(F)c(F)c(F)c(F)c1F)OCC. The maximum absolute atomic E-state index is 13.5. The Labute approximate surface area is 139 Å². The molecule has 1 rings (SSSR count). The average molecular weight is 371 g/mol. The van der Waals surface area contributed by atoms with Gasteiger partial charge in [0.05, 0.1) is 0 Å². The molecule has 0 saturated carbocycles. The molecular formula is C15H22F5NO2Si. The van der Waals surface area contributed by atoms with Crippen LogP contribution >= 0.6 is 0 Å². The molecule has 0 aliphatic heterocycles. The number of hydrogen-bond acceptors (Lipinski definition) is 3. The second kappa shape index (κ2) is 9.33. The highest BCUT2D eigenvalue weighted by Gasteiger charge is 2.30. The van der Waals surface area contributed by atoms with E-state index in [9.17, 15) is 22.0 Å². The van der Waals surface area contributed by atoms with Gasteiger partial charge in [-0.15, -0.1) is 0 Å². The molecule has 3 nitrogen and oxygen atoms in total. The third kappa shape index (κ3) is 5.15. The van der Waals surface area contributed by atoms with E-state index in [1.54, 1.807) is 0 Å². The van der Waals surface area contributed by atoms with E-state index in [4.69, 9.17) is 8.85 Å². The summed E-state index contributed by atoms with van der Waals surface area (Å²) in [7, 11) is -2.27. The highest BCUT2D eigenvalue weighted by molar-refractivity contribution is 6.66. The molecule has 0 radical (unpaired) electrons. The van der Waals surface area contributed by atoms with E-state index in [-0.39, 0.29) is 6.54 Å². The fraction of sp³-hybridized carbons (Fsp3) is 0.600. The quantitative estimate of drug-likeness (QED) is 0.212. The third-order valence-corrected chi connectivity index (χ3v) is 6.53. The first-order valence-corrected chi connectivity index (χ1v) is 10.3. The van der Waals surface area contributed by atoms with E-state index >= 15 is 0 Å². The van der Waals surface area contributed by atoms with E-state index < -0.39 is 43.3 Å². The van der Waals surface area contributed by atoms with Gasteiger partial charge in [-0.05, 0) is 39.3 Å². The Morgan fingerprint density at radius 2 is 1.25 bits per heavy atom. The molecule has 0 aromatic heterocycles. The van der Waals surface area contributed by atoms with Crippen LogP contribution in [0.5, 0.6) is 0 Å². The van der Waals surface area contributed by atoms with E-state index in [1.165, 1.54) is 0 Å². The van der Waals surface area contributed by atoms with E-state index in [2.05, 4.69) is 5.32 Å². The summed E-state index contributed by atoms with van der Waals surface area (Å²) in [5, 5.41) is 2.28. The topological polar surface area (TPSA) is 30.5 Å². The van der Waals surface area contributed by atoms with Crippen molar-refractivity contribution in [2.45, 2.75) is 39.3 Å². The highest BCUT2D eigenvalue weighted by Crippen LogP contribution is 2.27. The lowest BCUT2D eigenvalue weighted by atomic mass is 10.2. The molecule has 1 aromatic carbocycles. The van der Waals surface area contributed by atoms with Gasteiger partial charge in [-0.1, -0.05) is 0 Å². The molecule has 0 heterocycles. The van der Waals surface area contributed by atoms with Crippen molar-refractivity contribution >= 4 is 14.2 Å². The molecule has 0 spiro atoms. The van der Waals surface area contributed by atoms with Crippen molar-refractivity contribution in [3.05, 3.63) is 29.1 Å². The highest BCUT2D eigenvalue weighted by atomic mass is 28.4. The third-order valence-electron chi connectivity index (χ3n) is 3.47. The largest absolute Gasteiger partial charge is 0.395 e. The van der Waals surface area contributed by atoms with Crippen LogP contribution in [0.25, 0.3) is 0 Å². The number of nitrogens with one attached hydrogen (secondary N) is 1. The molecule has 24 heavy (non-hydrogen) atoms. The van der Waals surface area contributed by atoms with Crippen molar-refractivity contribution in [1.29, 1.82) is 0 Å². The minimum absolute atomic E-state index is 0.0705. The molecular weight excluding hydrogens is 349 g/mol. The number of benzene rings is 1. The number of unbranched alkanes of at least 4 members (excludes halogenated alkanes) is 1. The second-order valence-corrected chi connectivity index (χ2v) is 8.67. The van der Waals surface area contributed by atoms with Gasteiger partial charge in [-0.25, -0.2) is 22.0 Å². The average Bonchev–Trinajstić information content (AvgIpc) is 2.54. The Balaban J connectivity index is 2.57. The van der Waals surface area contributed by atoms with Gasteiger partial charge < -0.3 is 14.2 Å². The van der Waals surface area contributed by atoms with Crippen LogP contribution in [0.1, 0.15) is 26.7 Å². The summed E-state index contributed by atoms with van der Waals surface area (Å²) in [5.41, 5.74) is -0.999. The van der Waals surface area contributed by atoms with Gasteiger partial charge in [0.1, 0.15) is 5.69 Å². The van der Waals surface area contributed by atoms with Gasteiger partial charge in [-0.3, -0.25) is 0 Å². The molecule has 0 bridgehead atoms. The van der Waals surface area contributed by atoms with Crippen molar-refractivity contribution in [3.8, 4) is 0 Å². The molecule has 1 N–H and O–H groups in total. The first-order valence-electron chi connectivity index (χ1n) is 7.80. The fourth-order valence-electron chi connectivity index (χ4n) is 2.34. The minimum Gasteiger partial charge on any atom is -0.395 e. The molecule has 0 saturated heterocycles. The minimum atomic E-state index is -2.27. The summed E-state index contributed by atoms with van der Waals surface area (Å²) in [6.45, 7) is 6.81. The summed E-state index contributed by atoms with van der Waals surface area (Å²) >= 11 is 0. The zero-order chi connectivity index (χ0) is 18.3. The molecule has 9 heteroatoms. The van der Waals surface area contributed by atoms with Crippen LogP contribution in [0.2, 0.25) is 12.6 Å². The summed E-state index contributed by atoms with van der Waals surface area (Å²) in [5.74, 6) is -9.78. The summed E-state index contributed by atoms with van der Waals surface area (Å²) in [6.07, 6.45) is 1.12. The molecule has 0 unspecified atom stereocenters.